The Morgan fingerprint density at radius 1 is 1.42 bits per heavy atom. The van der Waals surface area contributed by atoms with Crippen molar-refractivity contribution in [2.75, 3.05) is 6.61 Å². The fourth-order valence-corrected chi connectivity index (χ4v) is 2.16. The highest BCUT2D eigenvalue weighted by Gasteiger charge is 1.97. The maximum atomic E-state index is 10.4. The summed E-state index contributed by atoms with van der Waals surface area (Å²) in [4.78, 5) is 14.4. The molecule has 2 rings (SSSR count). The summed E-state index contributed by atoms with van der Waals surface area (Å²) in [6.45, 7) is 0.600. The van der Waals surface area contributed by atoms with E-state index < -0.39 is 5.97 Å². The van der Waals surface area contributed by atoms with E-state index in [1.54, 1.807) is 29.7 Å². The van der Waals surface area contributed by atoms with Crippen molar-refractivity contribution in [2.45, 2.75) is 6.42 Å². The van der Waals surface area contributed by atoms with Crippen molar-refractivity contribution >= 4 is 23.4 Å². The Hall–Kier alpha value is -2.14. The number of pyridine rings is 1. The number of aromatic nitrogens is 1. The van der Waals surface area contributed by atoms with E-state index in [1.165, 1.54) is 11.6 Å². The van der Waals surface area contributed by atoms with Gasteiger partial charge in [0.25, 0.3) is 0 Å². The lowest BCUT2D eigenvalue weighted by Crippen LogP contribution is -2.00. The van der Waals surface area contributed by atoms with E-state index in [-0.39, 0.29) is 0 Å². The van der Waals surface area contributed by atoms with Crippen LogP contribution in [0.5, 0.6) is 5.75 Å². The third-order valence-corrected chi connectivity index (χ3v) is 3.13. The molecule has 0 unspecified atom stereocenters. The average molecular weight is 275 g/mol. The molecule has 0 atom stereocenters. The third-order valence-electron chi connectivity index (χ3n) is 2.40. The van der Waals surface area contributed by atoms with Gasteiger partial charge in [-0.3, -0.25) is 4.98 Å². The van der Waals surface area contributed by atoms with Crippen LogP contribution in [0.4, 0.5) is 0 Å². The molecule has 2 aromatic rings. The van der Waals surface area contributed by atoms with Gasteiger partial charge >= 0.3 is 5.97 Å². The van der Waals surface area contributed by atoms with Gasteiger partial charge in [0.05, 0.1) is 18.5 Å². The minimum Gasteiger partial charge on any atom is -0.492 e. The molecule has 0 radical (unpaired) electrons. The second-order valence-corrected chi connectivity index (χ2v) is 4.60. The molecule has 19 heavy (non-hydrogen) atoms. The van der Waals surface area contributed by atoms with Crippen LogP contribution in [0.1, 0.15) is 11.3 Å². The van der Waals surface area contributed by atoms with E-state index >= 15 is 0 Å². The molecule has 4 nitrogen and oxygen atoms in total. The van der Waals surface area contributed by atoms with Crippen molar-refractivity contribution in [2.24, 2.45) is 0 Å². The average Bonchev–Trinajstić information content (AvgIpc) is 2.91. The Balaban J connectivity index is 1.83. The number of carboxylic acid groups (broad SMARTS) is 1. The number of thiophene rings is 1. The Kier molecular flexibility index (Phi) is 4.69. The van der Waals surface area contributed by atoms with Crippen LogP contribution in [0.15, 0.2) is 41.2 Å². The molecule has 5 heteroatoms. The first kappa shape index (κ1) is 13.3. The van der Waals surface area contributed by atoms with Crippen molar-refractivity contribution in [3.63, 3.8) is 0 Å². The van der Waals surface area contributed by atoms with Gasteiger partial charge in [-0.25, -0.2) is 4.79 Å². The molecule has 98 valence electrons. The summed E-state index contributed by atoms with van der Waals surface area (Å²) < 4.78 is 5.56. The Labute approximate surface area is 115 Å². The highest BCUT2D eigenvalue weighted by Crippen LogP contribution is 2.12. The molecule has 0 aliphatic heterocycles. The van der Waals surface area contributed by atoms with Gasteiger partial charge in [-0.15, -0.1) is 0 Å². The topological polar surface area (TPSA) is 59.4 Å². The molecular formula is C14H13NO3S. The van der Waals surface area contributed by atoms with Crippen LogP contribution in [0.3, 0.4) is 0 Å². The molecule has 0 fully saturated rings. The van der Waals surface area contributed by atoms with Crippen LogP contribution in [0, 0.1) is 0 Å². The molecule has 0 aromatic carbocycles. The number of carboxylic acids is 1. The molecule has 1 N–H and O–H groups in total. The van der Waals surface area contributed by atoms with Crippen molar-refractivity contribution in [1.29, 1.82) is 0 Å². The first-order chi connectivity index (χ1) is 9.24. The minimum atomic E-state index is -0.988. The predicted octanol–water partition coefficient (Wildman–Crippen LogP) is 2.86. The molecule has 0 saturated carbocycles. The molecule has 0 bridgehead atoms. The molecule has 2 heterocycles. The molecular weight excluding hydrogens is 262 g/mol. The summed E-state index contributed by atoms with van der Waals surface area (Å²) in [6, 6.07) is 5.58. The van der Waals surface area contributed by atoms with E-state index in [9.17, 15) is 4.79 Å². The minimum absolute atomic E-state index is 0.590. The van der Waals surface area contributed by atoms with E-state index in [0.29, 0.717) is 18.1 Å². The molecule has 0 aliphatic rings. The Morgan fingerprint density at radius 3 is 2.95 bits per heavy atom. The lowest BCUT2D eigenvalue weighted by molar-refractivity contribution is -0.131. The summed E-state index contributed by atoms with van der Waals surface area (Å²) in [5.41, 5.74) is 1.85. The number of hydrogen-bond acceptors (Lipinski definition) is 4. The zero-order valence-electron chi connectivity index (χ0n) is 10.2. The van der Waals surface area contributed by atoms with Gasteiger partial charge in [-0.05, 0) is 40.6 Å². The predicted molar refractivity (Wildman–Crippen MR) is 74.4 cm³/mol. The number of carbonyl (C=O) groups is 1. The second-order valence-electron chi connectivity index (χ2n) is 3.82. The summed E-state index contributed by atoms with van der Waals surface area (Å²) >= 11 is 1.67. The summed E-state index contributed by atoms with van der Waals surface area (Å²) in [7, 11) is 0. The maximum Gasteiger partial charge on any atom is 0.328 e. The van der Waals surface area contributed by atoms with Gasteiger partial charge in [-0.1, -0.05) is 0 Å². The first-order valence-corrected chi connectivity index (χ1v) is 6.69. The zero-order valence-corrected chi connectivity index (χ0v) is 11.0. The largest absolute Gasteiger partial charge is 0.492 e. The maximum absolute atomic E-state index is 10.4. The van der Waals surface area contributed by atoms with Crippen molar-refractivity contribution < 1.29 is 14.6 Å². The van der Waals surface area contributed by atoms with Crippen molar-refractivity contribution in [1.82, 2.24) is 4.98 Å². The molecule has 2 aromatic heterocycles. The van der Waals surface area contributed by atoms with Gasteiger partial charge < -0.3 is 9.84 Å². The number of aliphatic carboxylic acids is 1. The van der Waals surface area contributed by atoms with Crippen LogP contribution in [0.2, 0.25) is 0 Å². The van der Waals surface area contributed by atoms with Crippen LogP contribution < -0.4 is 4.74 Å². The number of ether oxygens (including phenoxy) is 1. The van der Waals surface area contributed by atoms with Gasteiger partial charge in [0.1, 0.15) is 5.75 Å². The molecule has 0 amide bonds. The number of nitrogens with zero attached hydrogens (tertiary/aromatic N) is 1. The molecule has 0 saturated heterocycles. The fourth-order valence-electron chi connectivity index (χ4n) is 1.45. The van der Waals surface area contributed by atoms with E-state index in [2.05, 4.69) is 16.4 Å². The normalized spacial score (nSPS) is 10.7. The van der Waals surface area contributed by atoms with Gasteiger partial charge in [0, 0.05) is 12.5 Å². The van der Waals surface area contributed by atoms with E-state index in [1.807, 2.05) is 5.38 Å². The zero-order chi connectivity index (χ0) is 13.5. The number of rotatable bonds is 6. The van der Waals surface area contributed by atoms with Crippen LogP contribution in [-0.4, -0.2) is 22.7 Å². The Bertz CT molecular complexity index is 547. The SMILES string of the molecule is O=C(O)C=Cc1ccc(OCCc2ccsc2)cn1. The van der Waals surface area contributed by atoms with Gasteiger partial charge in [0.15, 0.2) is 0 Å². The van der Waals surface area contributed by atoms with Crippen molar-refractivity contribution in [3.05, 3.63) is 52.5 Å². The smallest absolute Gasteiger partial charge is 0.328 e. The van der Waals surface area contributed by atoms with E-state index in [0.717, 1.165) is 12.5 Å². The lowest BCUT2D eigenvalue weighted by atomic mass is 10.2. The summed E-state index contributed by atoms with van der Waals surface area (Å²) in [6.07, 6.45) is 4.95. The lowest BCUT2D eigenvalue weighted by Gasteiger charge is -2.04. The third kappa shape index (κ3) is 4.56. The summed E-state index contributed by atoms with van der Waals surface area (Å²) in [5.74, 6) is -0.305. The van der Waals surface area contributed by atoms with Crippen LogP contribution in [0.25, 0.3) is 6.08 Å². The highest BCUT2D eigenvalue weighted by molar-refractivity contribution is 7.07. The van der Waals surface area contributed by atoms with Crippen LogP contribution in [-0.2, 0) is 11.2 Å². The quantitative estimate of drug-likeness (QED) is 0.823. The second kappa shape index (κ2) is 6.70. The number of hydrogen-bond donors (Lipinski definition) is 1. The standard InChI is InChI=1S/C14H13NO3S/c16-14(17)4-2-12-1-3-13(9-15-12)18-7-5-11-6-8-19-10-11/h1-4,6,8-10H,5,7H2,(H,16,17). The van der Waals surface area contributed by atoms with Crippen molar-refractivity contribution in [3.8, 4) is 5.75 Å². The monoisotopic (exact) mass is 275 g/mol. The first-order valence-electron chi connectivity index (χ1n) is 5.75. The van der Waals surface area contributed by atoms with E-state index in [4.69, 9.17) is 9.84 Å². The molecule has 0 spiro atoms. The van der Waals surface area contributed by atoms with Gasteiger partial charge in [0.2, 0.25) is 0 Å². The highest BCUT2D eigenvalue weighted by atomic mass is 32.1. The molecule has 0 aliphatic carbocycles. The van der Waals surface area contributed by atoms with Crippen LogP contribution >= 0.6 is 11.3 Å². The Morgan fingerprint density at radius 2 is 2.32 bits per heavy atom. The van der Waals surface area contributed by atoms with Gasteiger partial charge in [-0.2, -0.15) is 11.3 Å². The fraction of sp³-hybridized carbons (Fsp3) is 0.143. The summed E-state index contributed by atoms with van der Waals surface area (Å²) in [5, 5.41) is 12.6.